The number of hydrogen-bond acceptors (Lipinski definition) is 4. The van der Waals surface area contributed by atoms with E-state index < -0.39 is 17.5 Å². The number of amides is 1. The third-order valence-corrected chi connectivity index (χ3v) is 5.33. The summed E-state index contributed by atoms with van der Waals surface area (Å²) in [4.78, 5) is 16.9. The molecule has 0 aliphatic heterocycles. The number of anilines is 1. The van der Waals surface area contributed by atoms with Crippen LogP contribution in [0.4, 0.5) is 14.5 Å². The molecular formula is C21H17F2N3O2S. The van der Waals surface area contributed by atoms with Gasteiger partial charge in [-0.05, 0) is 24.3 Å². The van der Waals surface area contributed by atoms with Crippen LogP contribution in [-0.2, 0) is 11.3 Å². The van der Waals surface area contributed by atoms with Crippen molar-refractivity contribution >= 4 is 33.8 Å². The molecule has 0 radical (unpaired) electrons. The van der Waals surface area contributed by atoms with Gasteiger partial charge in [-0.3, -0.25) is 4.79 Å². The molecule has 0 atom stereocenters. The lowest BCUT2D eigenvalue weighted by molar-refractivity contribution is 0.102. The smallest absolute Gasteiger partial charge is 0.275 e. The fourth-order valence-electron chi connectivity index (χ4n) is 3.09. The monoisotopic (exact) mass is 413 g/mol. The lowest BCUT2D eigenvalue weighted by Gasteiger charge is -2.08. The topological polar surface area (TPSA) is 56.2 Å². The van der Waals surface area contributed by atoms with E-state index in [9.17, 15) is 13.6 Å². The van der Waals surface area contributed by atoms with Crippen molar-refractivity contribution in [2.45, 2.75) is 6.54 Å². The van der Waals surface area contributed by atoms with Crippen LogP contribution in [0, 0.1) is 11.6 Å². The predicted octanol–water partition coefficient (Wildman–Crippen LogP) is 4.94. The van der Waals surface area contributed by atoms with Crippen LogP contribution in [0.15, 0.2) is 53.9 Å². The molecule has 1 amide bonds. The molecule has 4 aromatic rings. The summed E-state index contributed by atoms with van der Waals surface area (Å²) in [7, 11) is 1.64. The fraction of sp³-hybridized carbons (Fsp3) is 0.143. The Kier molecular flexibility index (Phi) is 5.37. The number of fused-ring (bicyclic) bond motifs is 1. The van der Waals surface area contributed by atoms with Crippen LogP contribution in [0.3, 0.4) is 0 Å². The molecule has 2 heterocycles. The van der Waals surface area contributed by atoms with Crippen molar-refractivity contribution < 1.29 is 18.3 Å². The number of carbonyl (C=O) groups is 1. The van der Waals surface area contributed by atoms with Crippen molar-refractivity contribution in [1.82, 2.24) is 9.55 Å². The molecule has 1 N–H and O–H groups in total. The number of halogens is 2. The quantitative estimate of drug-likeness (QED) is 0.487. The second-order valence-electron chi connectivity index (χ2n) is 6.35. The third kappa shape index (κ3) is 3.90. The number of ether oxygens (including phenoxy) is 1. The minimum absolute atomic E-state index is 0.136. The van der Waals surface area contributed by atoms with Crippen molar-refractivity contribution in [3.63, 3.8) is 0 Å². The maximum Gasteiger partial charge on any atom is 0.275 e. The van der Waals surface area contributed by atoms with Crippen molar-refractivity contribution in [3.05, 3.63) is 71.2 Å². The van der Waals surface area contributed by atoms with E-state index >= 15 is 0 Å². The van der Waals surface area contributed by atoms with Crippen molar-refractivity contribution in [3.8, 4) is 10.7 Å². The first-order valence-electron chi connectivity index (χ1n) is 8.86. The van der Waals surface area contributed by atoms with Crippen LogP contribution in [0.2, 0.25) is 0 Å². The van der Waals surface area contributed by atoms with Gasteiger partial charge >= 0.3 is 0 Å². The van der Waals surface area contributed by atoms with Gasteiger partial charge in [-0.15, -0.1) is 11.3 Å². The Bertz CT molecular complexity index is 1190. The third-order valence-electron chi connectivity index (χ3n) is 4.46. The van der Waals surface area contributed by atoms with E-state index in [-0.39, 0.29) is 11.4 Å². The van der Waals surface area contributed by atoms with Gasteiger partial charge in [-0.2, -0.15) is 0 Å². The number of nitrogens with one attached hydrogen (secondary N) is 1. The lowest BCUT2D eigenvalue weighted by atomic mass is 10.2. The maximum atomic E-state index is 13.8. The summed E-state index contributed by atoms with van der Waals surface area (Å²) in [6.45, 7) is 1.16. The highest BCUT2D eigenvalue weighted by atomic mass is 32.1. The highest BCUT2D eigenvalue weighted by Gasteiger charge is 2.17. The molecule has 148 valence electrons. The molecule has 0 spiro atoms. The van der Waals surface area contributed by atoms with Gasteiger partial charge in [0.1, 0.15) is 22.3 Å². The molecule has 2 aromatic heterocycles. The standard InChI is InChI=1S/C21H17F2N3O2S/c1-28-9-8-26-18-5-3-2-4-13(18)10-19(26)21-25-17(12-29-21)20(27)24-16-11-14(22)6-7-15(16)23/h2-7,10-12H,8-9H2,1H3,(H,24,27). The molecule has 0 aliphatic rings. The number of rotatable bonds is 6. The van der Waals surface area contributed by atoms with Gasteiger partial charge in [0.2, 0.25) is 0 Å². The zero-order chi connectivity index (χ0) is 20.4. The highest BCUT2D eigenvalue weighted by Crippen LogP contribution is 2.31. The average molecular weight is 413 g/mol. The van der Waals surface area contributed by atoms with Gasteiger partial charge < -0.3 is 14.6 Å². The number of hydrogen-bond donors (Lipinski definition) is 1. The SMILES string of the molecule is COCCn1c(-c2nc(C(=O)Nc3cc(F)ccc3F)cs2)cc2ccccc21. The second-order valence-corrected chi connectivity index (χ2v) is 7.21. The van der Waals surface area contributed by atoms with Gasteiger partial charge in [-0.25, -0.2) is 13.8 Å². The first-order valence-corrected chi connectivity index (χ1v) is 9.74. The number of thiazole rings is 1. The number of para-hydroxylation sites is 1. The number of benzene rings is 2. The lowest BCUT2D eigenvalue weighted by Crippen LogP contribution is -2.13. The maximum absolute atomic E-state index is 13.8. The van der Waals surface area contributed by atoms with Crippen molar-refractivity contribution in [1.29, 1.82) is 0 Å². The Hall–Kier alpha value is -3.10. The molecule has 4 rings (SSSR count). The summed E-state index contributed by atoms with van der Waals surface area (Å²) in [6, 6.07) is 12.8. The molecular weight excluding hydrogens is 396 g/mol. The van der Waals surface area contributed by atoms with Gasteiger partial charge in [0, 0.05) is 36.0 Å². The molecule has 0 bridgehead atoms. The Morgan fingerprint density at radius 2 is 2.03 bits per heavy atom. The van der Waals surface area contributed by atoms with Crippen molar-refractivity contribution in [2.75, 3.05) is 19.0 Å². The minimum atomic E-state index is -0.713. The summed E-state index contributed by atoms with van der Waals surface area (Å²) >= 11 is 1.31. The first kappa shape index (κ1) is 19.2. The molecule has 29 heavy (non-hydrogen) atoms. The predicted molar refractivity (Wildman–Crippen MR) is 109 cm³/mol. The van der Waals surface area contributed by atoms with Gasteiger partial charge in [-0.1, -0.05) is 18.2 Å². The normalized spacial score (nSPS) is 11.1. The number of aromatic nitrogens is 2. The summed E-state index contributed by atoms with van der Waals surface area (Å²) < 4.78 is 34.4. The molecule has 0 saturated carbocycles. The number of carbonyl (C=O) groups excluding carboxylic acids is 1. The van der Waals surface area contributed by atoms with E-state index in [0.29, 0.717) is 18.2 Å². The van der Waals surface area contributed by atoms with Gasteiger partial charge in [0.25, 0.3) is 5.91 Å². The summed E-state index contributed by atoms with van der Waals surface area (Å²) in [6.07, 6.45) is 0. The second kappa shape index (κ2) is 8.10. The molecule has 0 saturated heterocycles. The molecule has 0 aliphatic carbocycles. The molecule has 2 aromatic carbocycles. The Labute approximate surface area is 169 Å². The molecule has 8 heteroatoms. The van der Waals surface area contributed by atoms with Crippen LogP contribution in [0.1, 0.15) is 10.5 Å². The van der Waals surface area contributed by atoms with E-state index in [1.165, 1.54) is 11.3 Å². The van der Waals surface area contributed by atoms with E-state index in [0.717, 1.165) is 34.8 Å². The van der Waals surface area contributed by atoms with Crippen LogP contribution >= 0.6 is 11.3 Å². The van der Waals surface area contributed by atoms with Crippen molar-refractivity contribution in [2.24, 2.45) is 0 Å². The van der Waals surface area contributed by atoms with Gasteiger partial charge in [0.15, 0.2) is 0 Å². The fourth-order valence-corrected chi connectivity index (χ4v) is 3.91. The van der Waals surface area contributed by atoms with Crippen LogP contribution in [0.5, 0.6) is 0 Å². The molecule has 5 nitrogen and oxygen atoms in total. The average Bonchev–Trinajstić information content (AvgIpc) is 3.34. The van der Waals surface area contributed by atoms with E-state index in [4.69, 9.17) is 4.74 Å². The zero-order valence-electron chi connectivity index (χ0n) is 15.5. The van der Waals surface area contributed by atoms with E-state index in [1.54, 1.807) is 12.5 Å². The van der Waals surface area contributed by atoms with Crippen LogP contribution in [-0.4, -0.2) is 29.2 Å². The summed E-state index contributed by atoms with van der Waals surface area (Å²) in [5.74, 6) is -1.95. The minimum Gasteiger partial charge on any atom is -0.383 e. The molecule has 0 unspecified atom stereocenters. The van der Waals surface area contributed by atoms with Crippen LogP contribution < -0.4 is 5.32 Å². The Balaban J connectivity index is 1.65. The summed E-state index contributed by atoms with van der Waals surface area (Å²) in [5.41, 5.74) is 1.82. The largest absolute Gasteiger partial charge is 0.383 e. The zero-order valence-corrected chi connectivity index (χ0v) is 16.3. The Morgan fingerprint density at radius 3 is 2.86 bits per heavy atom. The number of methoxy groups -OCH3 is 1. The van der Waals surface area contributed by atoms with Gasteiger partial charge in [0.05, 0.1) is 18.0 Å². The van der Waals surface area contributed by atoms with E-state index in [2.05, 4.69) is 14.9 Å². The summed E-state index contributed by atoms with van der Waals surface area (Å²) in [5, 5.41) is 5.68. The highest BCUT2D eigenvalue weighted by molar-refractivity contribution is 7.13. The Morgan fingerprint density at radius 1 is 1.21 bits per heavy atom. The van der Waals surface area contributed by atoms with E-state index in [1.807, 2.05) is 30.3 Å². The van der Waals surface area contributed by atoms with Crippen LogP contribution in [0.25, 0.3) is 21.6 Å². The first-order chi connectivity index (χ1) is 14.1. The number of nitrogens with zero attached hydrogens (tertiary/aromatic N) is 2. The molecule has 0 fully saturated rings.